The minimum atomic E-state index is -0.919. The van der Waals surface area contributed by atoms with Crippen LogP contribution in [0.4, 0.5) is 15.3 Å². The predicted octanol–water partition coefficient (Wildman–Crippen LogP) is 5.02. The van der Waals surface area contributed by atoms with Gasteiger partial charge in [0, 0.05) is 92.0 Å². The Balaban J connectivity index is 1.09. The highest BCUT2D eigenvalue weighted by molar-refractivity contribution is 9.11. The second-order valence-electron chi connectivity index (χ2n) is 12.9. The molecule has 2 aromatic carbocycles. The van der Waals surface area contributed by atoms with Crippen molar-refractivity contribution in [2.75, 3.05) is 64.2 Å². The van der Waals surface area contributed by atoms with Crippen molar-refractivity contribution in [1.29, 1.82) is 0 Å². The monoisotopic (exact) mass is 758 g/mol. The van der Waals surface area contributed by atoms with Crippen LogP contribution in [0.5, 0.6) is 0 Å². The van der Waals surface area contributed by atoms with Gasteiger partial charge in [0.15, 0.2) is 6.10 Å². The summed E-state index contributed by atoms with van der Waals surface area (Å²) in [5.41, 5.74) is 3.99. The molecule has 3 fully saturated rings. The molecule has 10 nitrogen and oxygen atoms in total. The van der Waals surface area contributed by atoms with E-state index in [1.54, 1.807) is 4.90 Å². The summed E-state index contributed by atoms with van der Waals surface area (Å²) in [5, 5.41) is 6.47. The Morgan fingerprint density at radius 3 is 2.22 bits per heavy atom. The Labute approximate surface area is 288 Å². The van der Waals surface area contributed by atoms with Crippen molar-refractivity contribution in [3.8, 4) is 0 Å². The fourth-order valence-corrected chi connectivity index (χ4v) is 8.49. The molecule has 0 spiro atoms. The van der Waals surface area contributed by atoms with Crippen LogP contribution in [0.3, 0.4) is 0 Å². The number of likely N-dealkylation sites (tertiary alicyclic amines) is 2. The number of halogens is 2. The van der Waals surface area contributed by atoms with Gasteiger partial charge in [-0.1, -0.05) is 50.1 Å². The van der Waals surface area contributed by atoms with Gasteiger partial charge in [0.05, 0.1) is 0 Å². The van der Waals surface area contributed by atoms with E-state index in [0.717, 1.165) is 76.8 Å². The standard InChI is InChI=1S/C34H44Br2N6O4/c1-23-28(35)20-24(21-29(23)36)22-31(32(43)40-13-7-26(8-14-40)39-18-11-37-12-19-39)46-34(45)41-15-9-27(10-16-41)42-17-6-25-4-2-3-5-30(25)38-33(42)44/h2-5,20-21,26-27,31,37H,6-19,22H2,1H3,(H,38,44)/t31-/m1/s1. The van der Waals surface area contributed by atoms with Crippen LogP contribution in [0.1, 0.15) is 42.4 Å². The highest BCUT2D eigenvalue weighted by atomic mass is 79.9. The lowest BCUT2D eigenvalue weighted by molar-refractivity contribution is -0.142. The number of nitrogens with zero attached hydrogens (tertiary/aromatic N) is 4. The SMILES string of the molecule is Cc1c(Br)cc(C[C@@H](OC(=O)N2CCC(N3CCc4ccccc4NC3=O)CC2)C(=O)N2CCC(N3CCNCC3)CC2)cc1Br. The molecule has 6 rings (SSSR count). The van der Waals surface area contributed by atoms with Crippen LogP contribution < -0.4 is 10.6 Å². The summed E-state index contributed by atoms with van der Waals surface area (Å²) in [7, 11) is 0. The third-order valence-corrected chi connectivity index (χ3v) is 11.7. The number of piperazine rings is 1. The number of anilines is 1. The van der Waals surface area contributed by atoms with Crippen LogP contribution in [0.2, 0.25) is 0 Å². The predicted molar refractivity (Wildman–Crippen MR) is 185 cm³/mol. The average molecular weight is 761 g/mol. The van der Waals surface area contributed by atoms with Gasteiger partial charge < -0.3 is 30.1 Å². The molecule has 0 bridgehead atoms. The zero-order valence-corrected chi connectivity index (χ0v) is 29.7. The second-order valence-corrected chi connectivity index (χ2v) is 14.6. The summed E-state index contributed by atoms with van der Waals surface area (Å²) in [5.74, 6) is -0.129. The lowest BCUT2D eigenvalue weighted by Gasteiger charge is -2.41. The van der Waals surface area contributed by atoms with Gasteiger partial charge in [0.25, 0.3) is 5.91 Å². The smallest absolute Gasteiger partial charge is 0.410 e. The molecule has 4 heterocycles. The number of amides is 4. The molecular formula is C34H44Br2N6O4. The molecule has 4 aliphatic rings. The van der Waals surface area contributed by atoms with E-state index in [4.69, 9.17) is 4.74 Å². The van der Waals surface area contributed by atoms with Crippen molar-refractivity contribution in [3.63, 3.8) is 0 Å². The van der Waals surface area contributed by atoms with E-state index >= 15 is 0 Å². The molecule has 0 unspecified atom stereocenters. The summed E-state index contributed by atoms with van der Waals surface area (Å²) >= 11 is 7.26. The number of hydrogen-bond donors (Lipinski definition) is 2. The number of piperidine rings is 2. The average Bonchev–Trinajstić information content (AvgIpc) is 3.25. The zero-order chi connectivity index (χ0) is 32.2. The number of urea groups is 1. The molecule has 2 N–H and O–H groups in total. The number of ether oxygens (including phenoxy) is 1. The van der Waals surface area contributed by atoms with E-state index in [2.05, 4.69) is 53.5 Å². The van der Waals surface area contributed by atoms with Gasteiger partial charge in [-0.05, 0) is 73.9 Å². The van der Waals surface area contributed by atoms with Gasteiger partial charge in [-0.3, -0.25) is 9.69 Å². The number of benzene rings is 2. The first-order valence-electron chi connectivity index (χ1n) is 16.6. The third-order valence-electron chi connectivity index (χ3n) is 10.0. The first-order valence-corrected chi connectivity index (χ1v) is 18.1. The van der Waals surface area contributed by atoms with E-state index in [0.29, 0.717) is 58.0 Å². The molecule has 12 heteroatoms. The number of nitrogens with one attached hydrogen (secondary N) is 2. The van der Waals surface area contributed by atoms with Crippen LogP contribution in [0.15, 0.2) is 45.3 Å². The van der Waals surface area contributed by atoms with Crippen LogP contribution >= 0.6 is 31.9 Å². The maximum atomic E-state index is 14.0. The van der Waals surface area contributed by atoms with Crippen LogP contribution in [-0.2, 0) is 22.4 Å². The highest BCUT2D eigenvalue weighted by Gasteiger charge is 2.36. The van der Waals surface area contributed by atoms with E-state index in [1.807, 2.05) is 47.1 Å². The fraction of sp³-hybridized carbons (Fsp3) is 0.559. The maximum Gasteiger partial charge on any atom is 0.410 e. The van der Waals surface area contributed by atoms with Crippen molar-refractivity contribution in [2.24, 2.45) is 0 Å². The minimum Gasteiger partial charge on any atom is -0.436 e. The molecule has 4 amide bonds. The number of carbonyl (C=O) groups is 3. The minimum absolute atomic E-state index is 0.0371. The number of fused-ring (bicyclic) bond motifs is 1. The Hall–Kier alpha value is -2.67. The Kier molecular flexibility index (Phi) is 10.9. The van der Waals surface area contributed by atoms with Crippen LogP contribution in [0, 0.1) is 6.92 Å². The van der Waals surface area contributed by atoms with Crippen molar-refractivity contribution in [2.45, 2.75) is 63.6 Å². The topological polar surface area (TPSA) is 97.5 Å². The largest absolute Gasteiger partial charge is 0.436 e. The third kappa shape index (κ3) is 7.72. The van der Waals surface area contributed by atoms with E-state index in [9.17, 15) is 14.4 Å². The molecule has 1 atom stereocenters. The van der Waals surface area contributed by atoms with Gasteiger partial charge in [-0.25, -0.2) is 9.59 Å². The maximum absolute atomic E-state index is 14.0. The van der Waals surface area contributed by atoms with Gasteiger partial charge >= 0.3 is 12.1 Å². The molecular weight excluding hydrogens is 716 g/mol. The molecule has 0 aliphatic carbocycles. The van der Waals surface area contributed by atoms with Crippen molar-refractivity contribution >= 4 is 55.6 Å². The van der Waals surface area contributed by atoms with Crippen molar-refractivity contribution < 1.29 is 19.1 Å². The Morgan fingerprint density at radius 2 is 1.52 bits per heavy atom. The molecule has 0 aromatic heterocycles. The summed E-state index contributed by atoms with van der Waals surface area (Å²) in [6.07, 6.45) is 2.88. The normalized spacial score (nSPS) is 20.9. The molecule has 46 heavy (non-hydrogen) atoms. The lowest BCUT2D eigenvalue weighted by Crippen LogP contribution is -2.54. The first kappa shape index (κ1) is 33.2. The van der Waals surface area contributed by atoms with Crippen LogP contribution in [0.25, 0.3) is 0 Å². The summed E-state index contributed by atoms with van der Waals surface area (Å²) < 4.78 is 7.96. The van der Waals surface area contributed by atoms with E-state index in [1.165, 1.54) is 0 Å². The molecule has 2 aromatic rings. The number of rotatable bonds is 6. The molecule has 0 saturated carbocycles. The first-order chi connectivity index (χ1) is 22.3. The van der Waals surface area contributed by atoms with Gasteiger partial charge in [0.2, 0.25) is 0 Å². The van der Waals surface area contributed by atoms with Crippen molar-refractivity contribution in [1.82, 2.24) is 24.9 Å². The fourth-order valence-electron chi connectivity index (χ4n) is 7.21. The van der Waals surface area contributed by atoms with Crippen molar-refractivity contribution in [3.05, 3.63) is 62.0 Å². The summed E-state index contributed by atoms with van der Waals surface area (Å²) in [6, 6.07) is 12.4. The van der Waals surface area contributed by atoms with Gasteiger partial charge in [0.1, 0.15) is 0 Å². The number of hydrogen-bond acceptors (Lipinski definition) is 6. The van der Waals surface area contributed by atoms with Crippen LogP contribution in [-0.4, -0.2) is 115 Å². The quantitative estimate of drug-likeness (QED) is 0.430. The lowest BCUT2D eigenvalue weighted by atomic mass is 10.00. The molecule has 3 saturated heterocycles. The second kappa shape index (κ2) is 15.0. The highest BCUT2D eigenvalue weighted by Crippen LogP contribution is 2.29. The Bertz CT molecular complexity index is 1400. The van der Waals surface area contributed by atoms with E-state index < -0.39 is 12.2 Å². The number of carbonyl (C=O) groups excluding carboxylic acids is 3. The number of para-hydroxylation sites is 1. The molecule has 248 valence electrons. The summed E-state index contributed by atoms with van der Waals surface area (Å²) in [4.78, 5) is 48.7. The zero-order valence-electron chi connectivity index (χ0n) is 26.5. The molecule has 4 aliphatic heterocycles. The van der Waals surface area contributed by atoms with Gasteiger partial charge in [-0.2, -0.15) is 0 Å². The van der Waals surface area contributed by atoms with Gasteiger partial charge in [-0.15, -0.1) is 0 Å². The van der Waals surface area contributed by atoms with E-state index in [-0.39, 0.29) is 18.0 Å². The summed E-state index contributed by atoms with van der Waals surface area (Å²) in [6.45, 7) is 9.03. The Morgan fingerprint density at radius 1 is 0.891 bits per heavy atom. The molecule has 0 radical (unpaired) electrons.